The van der Waals surface area contributed by atoms with Crippen molar-refractivity contribution in [2.45, 2.75) is 18.4 Å². The highest BCUT2D eigenvalue weighted by Gasteiger charge is 2.42. The third-order valence-electron chi connectivity index (χ3n) is 6.07. The van der Waals surface area contributed by atoms with Crippen molar-refractivity contribution in [1.82, 2.24) is 15.2 Å². The Morgan fingerprint density at radius 2 is 1.76 bits per heavy atom. The van der Waals surface area contributed by atoms with Crippen molar-refractivity contribution in [3.8, 4) is 11.5 Å². The highest BCUT2D eigenvalue weighted by atomic mass is 16.5. The Kier molecular flexibility index (Phi) is 6.58. The monoisotopic (exact) mass is 445 g/mol. The second kappa shape index (κ2) is 9.73. The smallest absolute Gasteiger partial charge is 0.254 e. The molecule has 33 heavy (non-hydrogen) atoms. The Bertz CT molecular complexity index is 1150. The van der Waals surface area contributed by atoms with Gasteiger partial charge in [0.1, 0.15) is 0 Å². The summed E-state index contributed by atoms with van der Waals surface area (Å²) < 4.78 is 10.8. The lowest BCUT2D eigenvalue weighted by molar-refractivity contribution is -0.124. The molecule has 170 valence electrons. The van der Waals surface area contributed by atoms with Gasteiger partial charge in [0.25, 0.3) is 5.91 Å². The number of pyridine rings is 1. The molecule has 0 bridgehead atoms. The maximum absolute atomic E-state index is 13.5. The number of amides is 2. The molecule has 0 radical (unpaired) electrons. The Morgan fingerprint density at radius 3 is 2.48 bits per heavy atom. The zero-order valence-electron chi connectivity index (χ0n) is 18.9. The first-order valence-electron chi connectivity index (χ1n) is 10.8. The van der Waals surface area contributed by atoms with Gasteiger partial charge in [-0.25, -0.2) is 0 Å². The van der Waals surface area contributed by atoms with E-state index < -0.39 is 12.0 Å². The summed E-state index contributed by atoms with van der Waals surface area (Å²) in [5, 5.41) is 3.07. The molecule has 7 heteroatoms. The molecular formula is C26H27N3O4. The van der Waals surface area contributed by atoms with E-state index in [0.717, 1.165) is 16.7 Å². The van der Waals surface area contributed by atoms with Crippen molar-refractivity contribution in [2.24, 2.45) is 0 Å². The van der Waals surface area contributed by atoms with Gasteiger partial charge in [0.2, 0.25) is 5.91 Å². The maximum atomic E-state index is 13.5. The van der Waals surface area contributed by atoms with E-state index in [1.807, 2.05) is 42.5 Å². The number of aromatic nitrogens is 1. The Morgan fingerprint density at radius 1 is 1.03 bits per heavy atom. The number of hydrogen-bond acceptors (Lipinski definition) is 5. The quantitative estimate of drug-likeness (QED) is 0.603. The SMILES string of the molecule is COc1ccc(C2C(C(=O)NCCc3ccncc3)c3ccccc3C(=O)N2C)cc1OC. The molecule has 0 spiro atoms. The first-order chi connectivity index (χ1) is 16.0. The number of ether oxygens (including phenoxy) is 2. The van der Waals surface area contributed by atoms with Gasteiger partial charge in [-0.2, -0.15) is 0 Å². The average Bonchev–Trinajstić information content (AvgIpc) is 2.86. The minimum atomic E-state index is -0.570. The van der Waals surface area contributed by atoms with Crippen molar-refractivity contribution in [1.29, 1.82) is 0 Å². The maximum Gasteiger partial charge on any atom is 0.254 e. The molecule has 1 aromatic heterocycles. The van der Waals surface area contributed by atoms with Crippen molar-refractivity contribution >= 4 is 11.8 Å². The van der Waals surface area contributed by atoms with Gasteiger partial charge >= 0.3 is 0 Å². The number of hydrogen-bond donors (Lipinski definition) is 1. The minimum Gasteiger partial charge on any atom is -0.493 e. The number of nitrogens with zero attached hydrogens (tertiary/aromatic N) is 2. The molecule has 2 atom stereocenters. The number of fused-ring (bicyclic) bond motifs is 1. The number of carbonyl (C=O) groups is 2. The molecule has 0 aliphatic carbocycles. The molecule has 2 heterocycles. The molecule has 4 rings (SSSR count). The number of nitrogens with one attached hydrogen (secondary N) is 1. The summed E-state index contributed by atoms with van der Waals surface area (Å²) in [6, 6.07) is 16.2. The third kappa shape index (κ3) is 4.39. The van der Waals surface area contributed by atoms with Gasteiger partial charge in [0, 0.05) is 31.5 Å². The van der Waals surface area contributed by atoms with Crippen molar-refractivity contribution < 1.29 is 19.1 Å². The lowest BCUT2D eigenvalue weighted by Gasteiger charge is -2.40. The Labute approximate surface area is 193 Å². The Hall–Kier alpha value is -3.87. The number of benzene rings is 2. The van der Waals surface area contributed by atoms with E-state index in [4.69, 9.17) is 9.47 Å². The largest absolute Gasteiger partial charge is 0.493 e. The minimum absolute atomic E-state index is 0.119. The predicted octanol–water partition coefficient (Wildman–Crippen LogP) is 3.37. The lowest BCUT2D eigenvalue weighted by Crippen LogP contribution is -2.46. The molecule has 1 N–H and O–H groups in total. The van der Waals surface area contributed by atoms with Crippen molar-refractivity contribution in [3.05, 3.63) is 89.2 Å². The van der Waals surface area contributed by atoms with E-state index in [9.17, 15) is 9.59 Å². The summed E-state index contributed by atoms with van der Waals surface area (Å²) in [5.41, 5.74) is 3.16. The second-order valence-electron chi connectivity index (χ2n) is 7.94. The highest BCUT2D eigenvalue weighted by Crippen LogP contribution is 2.43. The number of methoxy groups -OCH3 is 2. The van der Waals surface area contributed by atoms with Crippen molar-refractivity contribution in [3.63, 3.8) is 0 Å². The highest BCUT2D eigenvalue weighted by molar-refractivity contribution is 6.01. The van der Waals surface area contributed by atoms with Gasteiger partial charge in [-0.1, -0.05) is 24.3 Å². The number of likely N-dealkylation sites (N-methyl/N-ethyl adjacent to an activating group) is 1. The van der Waals surface area contributed by atoms with Gasteiger partial charge in [-0.3, -0.25) is 14.6 Å². The van der Waals surface area contributed by atoms with Crippen molar-refractivity contribution in [2.75, 3.05) is 27.8 Å². The van der Waals surface area contributed by atoms with Crippen LogP contribution in [0.3, 0.4) is 0 Å². The zero-order chi connectivity index (χ0) is 23.4. The first-order valence-corrected chi connectivity index (χ1v) is 10.8. The fourth-order valence-electron chi connectivity index (χ4n) is 4.40. The Balaban J connectivity index is 1.69. The van der Waals surface area contributed by atoms with Crippen LogP contribution in [0.5, 0.6) is 11.5 Å². The summed E-state index contributed by atoms with van der Waals surface area (Å²) in [6.07, 6.45) is 4.17. The van der Waals surface area contributed by atoms with E-state index in [2.05, 4.69) is 10.3 Å². The number of rotatable bonds is 7. The molecule has 2 amide bonds. The van der Waals surface area contributed by atoms with Crippen LogP contribution >= 0.6 is 0 Å². The lowest BCUT2D eigenvalue weighted by atomic mass is 9.79. The molecule has 0 saturated carbocycles. The predicted molar refractivity (Wildman–Crippen MR) is 125 cm³/mol. The molecule has 0 fully saturated rings. The third-order valence-corrected chi connectivity index (χ3v) is 6.07. The normalized spacial score (nSPS) is 17.3. The zero-order valence-corrected chi connectivity index (χ0v) is 18.9. The summed E-state index contributed by atoms with van der Waals surface area (Å²) in [5.74, 6) is 0.317. The second-order valence-corrected chi connectivity index (χ2v) is 7.94. The van der Waals surface area contributed by atoms with Crippen LogP contribution in [0.2, 0.25) is 0 Å². The van der Waals surface area contributed by atoms with E-state index in [1.165, 1.54) is 0 Å². The molecule has 7 nitrogen and oxygen atoms in total. The standard InChI is InChI=1S/C26H27N3O4/c1-29-24(18-8-9-21(32-2)22(16-18)33-3)23(19-6-4-5-7-20(19)26(29)31)25(30)28-15-12-17-10-13-27-14-11-17/h4-11,13-14,16,23-24H,12,15H2,1-3H3,(H,28,30). The summed E-state index contributed by atoms with van der Waals surface area (Å²) in [7, 11) is 4.87. The van der Waals surface area contributed by atoms with Gasteiger partial charge in [0.15, 0.2) is 11.5 Å². The van der Waals surface area contributed by atoms with Crippen LogP contribution in [0.15, 0.2) is 67.0 Å². The average molecular weight is 446 g/mol. The molecule has 3 aromatic rings. The molecule has 0 saturated heterocycles. The fraction of sp³-hybridized carbons (Fsp3) is 0.269. The topological polar surface area (TPSA) is 80.8 Å². The van der Waals surface area contributed by atoms with Crippen LogP contribution in [-0.4, -0.2) is 49.5 Å². The van der Waals surface area contributed by atoms with Crippen LogP contribution in [0.4, 0.5) is 0 Å². The van der Waals surface area contributed by atoms with Crippen LogP contribution in [0.1, 0.15) is 39.0 Å². The van der Waals surface area contributed by atoms with Crippen LogP contribution in [-0.2, 0) is 11.2 Å². The summed E-state index contributed by atoms with van der Waals surface area (Å²) >= 11 is 0. The summed E-state index contributed by atoms with van der Waals surface area (Å²) in [4.78, 5) is 32.4. The van der Waals surface area contributed by atoms with E-state index in [-0.39, 0.29) is 11.8 Å². The van der Waals surface area contributed by atoms with Crippen LogP contribution in [0, 0.1) is 0 Å². The molecule has 1 aliphatic rings. The van der Waals surface area contributed by atoms with Gasteiger partial charge in [-0.05, 0) is 53.4 Å². The number of carbonyl (C=O) groups excluding carboxylic acids is 2. The molecule has 1 aliphatic heterocycles. The van der Waals surface area contributed by atoms with E-state index >= 15 is 0 Å². The van der Waals surface area contributed by atoms with Gasteiger partial charge < -0.3 is 19.7 Å². The van der Waals surface area contributed by atoms with E-state index in [1.54, 1.807) is 50.7 Å². The van der Waals surface area contributed by atoms with E-state index in [0.29, 0.717) is 30.0 Å². The molecular weight excluding hydrogens is 418 g/mol. The van der Waals surface area contributed by atoms with Gasteiger partial charge in [-0.15, -0.1) is 0 Å². The first kappa shape index (κ1) is 22.3. The van der Waals surface area contributed by atoms with Gasteiger partial charge in [0.05, 0.1) is 26.2 Å². The van der Waals surface area contributed by atoms with Crippen LogP contribution in [0.25, 0.3) is 0 Å². The molecule has 2 unspecified atom stereocenters. The van der Waals surface area contributed by atoms with Crippen LogP contribution < -0.4 is 14.8 Å². The molecule has 2 aromatic carbocycles. The fourth-order valence-corrected chi connectivity index (χ4v) is 4.40. The summed E-state index contributed by atoms with van der Waals surface area (Å²) in [6.45, 7) is 0.484.